The molecule has 1 rings (SSSR count). The van der Waals surface area contributed by atoms with E-state index in [1.165, 1.54) is 26.2 Å². The lowest BCUT2D eigenvalue weighted by Gasteiger charge is -1.99. The SMILES string of the molecule is CC.COC(=O)c1ccc(F)c(C)n1. The predicted molar refractivity (Wildman–Crippen MR) is 51.6 cm³/mol. The first-order chi connectivity index (χ1) is 6.65. The van der Waals surface area contributed by atoms with Crippen molar-refractivity contribution in [3.63, 3.8) is 0 Å². The van der Waals surface area contributed by atoms with Crippen molar-refractivity contribution in [1.29, 1.82) is 0 Å². The van der Waals surface area contributed by atoms with Crippen molar-refractivity contribution in [2.75, 3.05) is 7.11 Å². The van der Waals surface area contributed by atoms with Crippen LogP contribution in [-0.4, -0.2) is 18.1 Å². The first-order valence-electron chi connectivity index (χ1n) is 4.36. The summed E-state index contributed by atoms with van der Waals surface area (Å²) >= 11 is 0. The molecule has 1 heterocycles. The Hall–Kier alpha value is -1.45. The Balaban J connectivity index is 0.000000791. The number of methoxy groups -OCH3 is 1. The summed E-state index contributed by atoms with van der Waals surface area (Å²) in [4.78, 5) is 14.6. The van der Waals surface area contributed by atoms with Gasteiger partial charge in [0.2, 0.25) is 0 Å². The zero-order valence-corrected chi connectivity index (χ0v) is 8.80. The first kappa shape index (κ1) is 12.6. The third-order valence-electron chi connectivity index (χ3n) is 1.42. The number of aromatic nitrogens is 1. The lowest BCUT2D eigenvalue weighted by Crippen LogP contribution is -2.05. The van der Waals surface area contributed by atoms with Crippen LogP contribution in [0.2, 0.25) is 0 Å². The number of ether oxygens (including phenoxy) is 1. The third kappa shape index (κ3) is 3.12. The zero-order chi connectivity index (χ0) is 11.1. The number of rotatable bonds is 1. The number of carbonyl (C=O) groups is 1. The van der Waals surface area contributed by atoms with Crippen molar-refractivity contribution in [3.05, 3.63) is 29.3 Å². The molecular formula is C10H14FNO2. The van der Waals surface area contributed by atoms with Crippen LogP contribution in [0.3, 0.4) is 0 Å². The molecule has 78 valence electrons. The van der Waals surface area contributed by atoms with Gasteiger partial charge in [-0.2, -0.15) is 0 Å². The Kier molecular flexibility index (Phi) is 5.44. The molecule has 0 aliphatic heterocycles. The maximum Gasteiger partial charge on any atom is 0.356 e. The number of aryl methyl sites for hydroxylation is 1. The molecule has 0 aliphatic rings. The van der Waals surface area contributed by atoms with Crippen molar-refractivity contribution in [1.82, 2.24) is 4.98 Å². The van der Waals surface area contributed by atoms with Gasteiger partial charge in [-0.3, -0.25) is 0 Å². The van der Waals surface area contributed by atoms with E-state index < -0.39 is 11.8 Å². The normalized spacial score (nSPS) is 8.64. The van der Waals surface area contributed by atoms with E-state index in [0.29, 0.717) is 0 Å². The van der Waals surface area contributed by atoms with E-state index in [4.69, 9.17) is 0 Å². The fraction of sp³-hybridized carbons (Fsp3) is 0.400. The van der Waals surface area contributed by atoms with Gasteiger partial charge < -0.3 is 4.74 Å². The molecule has 0 amide bonds. The van der Waals surface area contributed by atoms with Crippen molar-refractivity contribution in [2.24, 2.45) is 0 Å². The Morgan fingerprint density at radius 3 is 2.43 bits per heavy atom. The Morgan fingerprint density at radius 2 is 2.00 bits per heavy atom. The van der Waals surface area contributed by atoms with Crippen LogP contribution in [0.15, 0.2) is 12.1 Å². The Morgan fingerprint density at radius 1 is 1.43 bits per heavy atom. The molecule has 0 bridgehead atoms. The van der Waals surface area contributed by atoms with Crippen LogP contribution < -0.4 is 0 Å². The number of esters is 1. The first-order valence-corrected chi connectivity index (χ1v) is 4.36. The molecular weight excluding hydrogens is 185 g/mol. The molecule has 14 heavy (non-hydrogen) atoms. The summed E-state index contributed by atoms with van der Waals surface area (Å²) in [7, 11) is 1.25. The molecule has 0 aliphatic carbocycles. The van der Waals surface area contributed by atoms with Crippen LogP contribution in [-0.2, 0) is 4.74 Å². The molecule has 1 aromatic heterocycles. The highest BCUT2D eigenvalue weighted by atomic mass is 19.1. The summed E-state index contributed by atoms with van der Waals surface area (Å²) < 4.78 is 17.1. The lowest BCUT2D eigenvalue weighted by atomic mass is 10.3. The maximum absolute atomic E-state index is 12.7. The van der Waals surface area contributed by atoms with E-state index >= 15 is 0 Å². The monoisotopic (exact) mass is 199 g/mol. The van der Waals surface area contributed by atoms with E-state index in [-0.39, 0.29) is 11.4 Å². The smallest absolute Gasteiger partial charge is 0.356 e. The van der Waals surface area contributed by atoms with E-state index in [2.05, 4.69) is 9.72 Å². The minimum Gasteiger partial charge on any atom is -0.464 e. The summed E-state index contributed by atoms with van der Waals surface area (Å²) in [6.07, 6.45) is 0. The summed E-state index contributed by atoms with van der Waals surface area (Å²) in [5.41, 5.74) is 0.314. The van der Waals surface area contributed by atoms with Crippen molar-refractivity contribution >= 4 is 5.97 Å². The molecule has 0 aromatic carbocycles. The molecule has 0 spiro atoms. The van der Waals surface area contributed by atoms with Gasteiger partial charge >= 0.3 is 5.97 Å². The highest BCUT2D eigenvalue weighted by molar-refractivity contribution is 5.87. The molecule has 0 saturated carbocycles. The third-order valence-corrected chi connectivity index (χ3v) is 1.42. The zero-order valence-electron chi connectivity index (χ0n) is 8.80. The van der Waals surface area contributed by atoms with Crippen LogP contribution >= 0.6 is 0 Å². The minimum absolute atomic E-state index is 0.122. The summed E-state index contributed by atoms with van der Waals surface area (Å²) in [5, 5.41) is 0. The standard InChI is InChI=1S/C8H8FNO2.C2H6/c1-5-6(9)3-4-7(10-5)8(11)12-2;1-2/h3-4H,1-2H3;1-2H3. The average Bonchev–Trinajstić information content (AvgIpc) is 2.24. The lowest BCUT2D eigenvalue weighted by molar-refractivity contribution is 0.0593. The molecule has 1 aromatic rings. The van der Waals surface area contributed by atoms with Gasteiger partial charge in [0.15, 0.2) is 0 Å². The second kappa shape index (κ2) is 6.07. The molecule has 0 N–H and O–H groups in total. The minimum atomic E-state index is -0.557. The number of hydrogen-bond donors (Lipinski definition) is 0. The highest BCUT2D eigenvalue weighted by Gasteiger charge is 2.08. The number of carbonyl (C=O) groups excluding carboxylic acids is 1. The summed E-state index contributed by atoms with van der Waals surface area (Å²) in [6.45, 7) is 5.49. The van der Waals surface area contributed by atoms with Gasteiger partial charge in [0.1, 0.15) is 11.5 Å². The van der Waals surface area contributed by atoms with Gasteiger partial charge in [0.25, 0.3) is 0 Å². The second-order valence-electron chi connectivity index (χ2n) is 2.26. The molecule has 3 nitrogen and oxygen atoms in total. The summed E-state index contributed by atoms with van der Waals surface area (Å²) in [6, 6.07) is 2.47. The van der Waals surface area contributed by atoms with E-state index in [9.17, 15) is 9.18 Å². The quantitative estimate of drug-likeness (QED) is 0.652. The molecule has 0 radical (unpaired) electrons. The molecule has 4 heteroatoms. The van der Waals surface area contributed by atoms with E-state index in [0.717, 1.165) is 0 Å². The fourth-order valence-electron chi connectivity index (χ4n) is 0.762. The topological polar surface area (TPSA) is 39.2 Å². The van der Waals surface area contributed by atoms with E-state index in [1.807, 2.05) is 13.8 Å². The molecule has 0 fully saturated rings. The van der Waals surface area contributed by atoms with Gasteiger partial charge in [0, 0.05) is 0 Å². The van der Waals surface area contributed by atoms with Crippen LogP contribution in [0.5, 0.6) is 0 Å². The van der Waals surface area contributed by atoms with Gasteiger partial charge in [-0.1, -0.05) is 13.8 Å². The Labute approximate surface area is 82.9 Å². The molecule has 0 saturated heterocycles. The van der Waals surface area contributed by atoms with Crippen molar-refractivity contribution < 1.29 is 13.9 Å². The van der Waals surface area contributed by atoms with Crippen molar-refractivity contribution in [2.45, 2.75) is 20.8 Å². The largest absolute Gasteiger partial charge is 0.464 e. The highest BCUT2D eigenvalue weighted by Crippen LogP contribution is 2.04. The second-order valence-corrected chi connectivity index (χ2v) is 2.26. The van der Waals surface area contributed by atoms with Crippen molar-refractivity contribution in [3.8, 4) is 0 Å². The number of pyridine rings is 1. The fourth-order valence-corrected chi connectivity index (χ4v) is 0.762. The average molecular weight is 199 g/mol. The van der Waals surface area contributed by atoms with Crippen LogP contribution in [0.4, 0.5) is 4.39 Å². The van der Waals surface area contributed by atoms with Gasteiger partial charge in [-0.05, 0) is 19.1 Å². The van der Waals surface area contributed by atoms with Gasteiger partial charge in [0.05, 0.1) is 12.8 Å². The number of hydrogen-bond acceptors (Lipinski definition) is 3. The molecule has 0 atom stereocenters. The van der Waals surface area contributed by atoms with Gasteiger partial charge in [-0.25, -0.2) is 14.2 Å². The molecule has 0 unspecified atom stereocenters. The van der Waals surface area contributed by atoms with E-state index in [1.54, 1.807) is 0 Å². The maximum atomic E-state index is 12.7. The van der Waals surface area contributed by atoms with Crippen LogP contribution in [0.25, 0.3) is 0 Å². The summed E-state index contributed by atoms with van der Waals surface area (Å²) in [5.74, 6) is -0.985. The van der Waals surface area contributed by atoms with Crippen LogP contribution in [0.1, 0.15) is 30.0 Å². The predicted octanol–water partition coefficient (Wildman–Crippen LogP) is 2.34. The van der Waals surface area contributed by atoms with Crippen LogP contribution in [0, 0.1) is 12.7 Å². The Bertz CT molecular complexity index is 313. The number of nitrogens with zero attached hydrogens (tertiary/aromatic N) is 1. The number of halogens is 1. The van der Waals surface area contributed by atoms with Gasteiger partial charge in [-0.15, -0.1) is 0 Å².